The second-order valence-electron chi connectivity index (χ2n) is 5.63. The molecular weight excluding hydrogens is 332 g/mol. The van der Waals surface area contributed by atoms with Gasteiger partial charge < -0.3 is 5.32 Å². The minimum atomic E-state index is -0.0287. The van der Waals surface area contributed by atoms with Gasteiger partial charge in [-0.25, -0.2) is 9.67 Å². The van der Waals surface area contributed by atoms with Gasteiger partial charge in [0.1, 0.15) is 12.7 Å². The normalized spacial score (nSPS) is 11.9. The van der Waals surface area contributed by atoms with Gasteiger partial charge in [-0.1, -0.05) is 30.3 Å². The van der Waals surface area contributed by atoms with E-state index < -0.39 is 0 Å². The Bertz CT molecular complexity index is 788. The number of carbonyl (C=O) groups is 1. The largest absolute Gasteiger partial charge is 0.350 e. The highest BCUT2D eigenvalue weighted by Crippen LogP contribution is 2.19. The lowest BCUT2D eigenvalue weighted by atomic mass is 10.1. The molecular formula is C19H20N4OS. The van der Waals surface area contributed by atoms with Crippen LogP contribution in [0.3, 0.4) is 0 Å². The molecule has 3 rings (SSSR count). The maximum Gasteiger partial charge on any atom is 0.221 e. The van der Waals surface area contributed by atoms with Crippen molar-refractivity contribution >= 4 is 17.7 Å². The number of nitrogens with one attached hydrogen (secondary N) is 1. The van der Waals surface area contributed by atoms with Crippen molar-refractivity contribution in [2.75, 3.05) is 5.75 Å². The van der Waals surface area contributed by atoms with Crippen LogP contribution in [0.4, 0.5) is 0 Å². The van der Waals surface area contributed by atoms with E-state index in [2.05, 4.69) is 27.5 Å². The molecule has 0 aliphatic carbocycles. The summed E-state index contributed by atoms with van der Waals surface area (Å²) < 4.78 is 1.70. The molecule has 1 N–H and O–H groups in total. The molecule has 0 aliphatic heterocycles. The second kappa shape index (κ2) is 8.48. The Balaban J connectivity index is 1.48. The molecule has 5 nitrogen and oxygen atoms in total. The Morgan fingerprint density at radius 3 is 2.60 bits per heavy atom. The number of hydrogen-bond donors (Lipinski definition) is 1. The number of carbonyl (C=O) groups excluding carboxylic acids is 1. The van der Waals surface area contributed by atoms with E-state index in [0.29, 0.717) is 6.42 Å². The molecule has 1 aromatic heterocycles. The van der Waals surface area contributed by atoms with Gasteiger partial charge in [-0.15, -0.1) is 11.8 Å². The van der Waals surface area contributed by atoms with Crippen molar-refractivity contribution < 1.29 is 4.79 Å². The van der Waals surface area contributed by atoms with Gasteiger partial charge in [-0.05, 0) is 36.8 Å². The lowest BCUT2D eigenvalue weighted by molar-refractivity contribution is -0.121. The summed E-state index contributed by atoms with van der Waals surface area (Å²) in [6, 6.07) is 18.0. The average Bonchev–Trinajstić information content (AvgIpc) is 3.17. The summed E-state index contributed by atoms with van der Waals surface area (Å²) in [6.07, 6.45) is 3.66. The minimum Gasteiger partial charge on any atom is -0.350 e. The van der Waals surface area contributed by atoms with Gasteiger partial charge in [0.05, 0.1) is 11.7 Å². The van der Waals surface area contributed by atoms with Gasteiger partial charge in [-0.3, -0.25) is 4.79 Å². The first kappa shape index (κ1) is 17.2. The summed E-state index contributed by atoms with van der Waals surface area (Å²) in [7, 11) is 0. The Morgan fingerprint density at radius 2 is 1.92 bits per heavy atom. The predicted molar refractivity (Wildman–Crippen MR) is 99.7 cm³/mol. The Morgan fingerprint density at radius 1 is 1.16 bits per heavy atom. The quantitative estimate of drug-likeness (QED) is 0.660. The maximum absolute atomic E-state index is 12.1. The summed E-state index contributed by atoms with van der Waals surface area (Å²) >= 11 is 1.70. The lowest BCUT2D eigenvalue weighted by Crippen LogP contribution is -2.26. The summed E-state index contributed by atoms with van der Waals surface area (Å²) in [5.74, 6) is 0.838. The molecule has 0 bridgehead atoms. The summed E-state index contributed by atoms with van der Waals surface area (Å²) in [6.45, 7) is 1.99. The van der Waals surface area contributed by atoms with E-state index in [4.69, 9.17) is 0 Å². The molecule has 2 aromatic carbocycles. The fourth-order valence-electron chi connectivity index (χ4n) is 2.43. The average molecular weight is 352 g/mol. The van der Waals surface area contributed by atoms with E-state index in [1.807, 2.05) is 49.4 Å². The van der Waals surface area contributed by atoms with Crippen molar-refractivity contribution in [2.24, 2.45) is 0 Å². The van der Waals surface area contributed by atoms with Crippen LogP contribution in [0, 0.1) is 0 Å². The Hall–Kier alpha value is -2.60. The van der Waals surface area contributed by atoms with Crippen LogP contribution >= 0.6 is 11.8 Å². The molecule has 3 aromatic rings. The zero-order chi connectivity index (χ0) is 17.5. The van der Waals surface area contributed by atoms with Crippen LogP contribution in [0.15, 0.2) is 72.1 Å². The van der Waals surface area contributed by atoms with Crippen LogP contribution in [-0.4, -0.2) is 26.4 Å². The second-order valence-corrected chi connectivity index (χ2v) is 6.80. The number of benzene rings is 2. The lowest BCUT2D eigenvalue weighted by Gasteiger charge is -2.15. The molecule has 6 heteroatoms. The third-order valence-corrected chi connectivity index (χ3v) is 4.81. The number of nitrogens with zero attached hydrogens (tertiary/aromatic N) is 3. The minimum absolute atomic E-state index is 0.0287. The van der Waals surface area contributed by atoms with E-state index in [-0.39, 0.29) is 11.9 Å². The van der Waals surface area contributed by atoms with Crippen LogP contribution in [-0.2, 0) is 4.79 Å². The van der Waals surface area contributed by atoms with Crippen molar-refractivity contribution in [2.45, 2.75) is 24.3 Å². The molecule has 0 saturated heterocycles. The van der Waals surface area contributed by atoms with Crippen LogP contribution in [0.25, 0.3) is 5.69 Å². The monoisotopic (exact) mass is 352 g/mol. The van der Waals surface area contributed by atoms with E-state index in [1.165, 1.54) is 11.2 Å². The van der Waals surface area contributed by atoms with E-state index in [9.17, 15) is 4.79 Å². The van der Waals surface area contributed by atoms with Crippen LogP contribution < -0.4 is 5.32 Å². The molecule has 0 aliphatic rings. The first-order valence-electron chi connectivity index (χ1n) is 8.14. The van der Waals surface area contributed by atoms with Crippen molar-refractivity contribution in [3.8, 4) is 5.69 Å². The zero-order valence-electron chi connectivity index (χ0n) is 14.0. The molecule has 128 valence electrons. The van der Waals surface area contributed by atoms with Crippen LogP contribution in [0.1, 0.15) is 24.9 Å². The predicted octanol–water partition coefficient (Wildman–Crippen LogP) is 3.63. The molecule has 25 heavy (non-hydrogen) atoms. The topological polar surface area (TPSA) is 59.8 Å². The van der Waals surface area contributed by atoms with Gasteiger partial charge in [0, 0.05) is 17.1 Å². The van der Waals surface area contributed by atoms with Crippen molar-refractivity contribution in [3.63, 3.8) is 0 Å². The molecule has 1 atom stereocenters. The van der Waals surface area contributed by atoms with Crippen LogP contribution in [0.2, 0.25) is 0 Å². The molecule has 0 fully saturated rings. The number of aromatic nitrogens is 3. The fourth-order valence-corrected chi connectivity index (χ4v) is 3.31. The SMILES string of the molecule is C[C@@H](NC(=O)CCSc1ccccc1)c1ccc(-n2cncn2)cc1. The van der Waals surface area contributed by atoms with Crippen molar-refractivity contribution in [3.05, 3.63) is 72.8 Å². The van der Waals surface area contributed by atoms with Gasteiger partial charge in [0.25, 0.3) is 0 Å². The van der Waals surface area contributed by atoms with Gasteiger partial charge in [0.15, 0.2) is 0 Å². The number of thioether (sulfide) groups is 1. The molecule has 0 radical (unpaired) electrons. The number of amides is 1. The van der Waals surface area contributed by atoms with Gasteiger partial charge >= 0.3 is 0 Å². The first-order chi connectivity index (χ1) is 12.2. The number of hydrogen-bond acceptors (Lipinski definition) is 4. The number of rotatable bonds is 7. The smallest absolute Gasteiger partial charge is 0.221 e. The first-order valence-corrected chi connectivity index (χ1v) is 9.13. The van der Waals surface area contributed by atoms with E-state index >= 15 is 0 Å². The summed E-state index contributed by atoms with van der Waals surface area (Å²) in [5.41, 5.74) is 2.01. The highest BCUT2D eigenvalue weighted by Gasteiger charge is 2.10. The van der Waals surface area contributed by atoms with Crippen molar-refractivity contribution in [1.82, 2.24) is 20.1 Å². The summed E-state index contributed by atoms with van der Waals surface area (Å²) in [4.78, 5) is 17.2. The zero-order valence-corrected chi connectivity index (χ0v) is 14.8. The highest BCUT2D eigenvalue weighted by atomic mass is 32.2. The molecule has 1 heterocycles. The van der Waals surface area contributed by atoms with E-state index in [1.54, 1.807) is 22.8 Å². The van der Waals surface area contributed by atoms with Crippen molar-refractivity contribution in [1.29, 1.82) is 0 Å². The summed E-state index contributed by atoms with van der Waals surface area (Å²) in [5, 5.41) is 7.15. The van der Waals surface area contributed by atoms with Crippen LogP contribution in [0.5, 0.6) is 0 Å². The molecule has 0 unspecified atom stereocenters. The third-order valence-electron chi connectivity index (χ3n) is 3.79. The van der Waals surface area contributed by atoms with Gasteiger partial charge in [-0.2, -0.15) is 5.10 Å². The van der Waals surface area contributed by atoms with E-state index in [0.717, 1.165) is 17.0 Å². The fraction of sp³-hybridized carbons (Fsp3) is 0.211. The highest BCUT2D eigenvalue weighted by molar-refractivity contribution is 7.99. The standard InChI is InChI=1S/C19H20N4OS/c1-15(16-7-9-17(10-8-16)23-14-20-13-21-23)22-19(24)11-12-25-18-5-3-2-4-6-18/h2-10,13-15H,11-12H2,1H3,(H,22,24)/t15-/m1/s1. The molecule has 1 amide bonds. The third kappa shape index (κ3) is 4.93. The maximum atomic E-state index is 12.1. The Labute approximate surface area is 151 Å². The molecule has 0 spiro atoms. The molecule has 0 saturated carbocycles. The van der Waals surface area contributed by atoms with Gasteiger partial charge in [0.2, 0.25) is 5.91 Å². The Kier molecular flexibility index (Phi) is 5.85.